The van der Waals surface area contributed by atoms with E-state index >= 15 is 0 Å². The van der Waals surface area contributed by atoms with E-state index in [1.54, 1.807) is 39.2 Å². The van der Waals surface area contributed by atoms with Crippen LogP contribution in [0.5, 0.6) is 5.75 Å². The maximum atomic E-state index is 14.2. The number of aromatic hydroxyl groups is 1. The van der Waals surface area contributed by atoms with E-state index in [-0.39, 0.29) is 66.4 Å². The lowest BCUT2D eigenvalue weighted by Gasteiger charge is -2.50. The van der Waals surface area contributed by atoms with Gasteiger partial charge in [0.15, 0.2) is 11.4 Å². The summed E-state index contributed by atoms with van der Waals surface area (Å²) >= 11 is 0. The first kappa shape index (κ1) is 38.1. The first-order chi connectivity index (χ1) is 21.0. The van der Waals surface area contributed by atoms with Crippen LogP contribution in [0.15, 0.2) is 23.0 Å². The summed E-state index contributed by atoms with van der Waals surface area (Å²) in [4.78, 5) is 58.5. The molecule has 260 valence electrons. The van der Waals surface area contributed by atoms with Crippen molar-refractivity contribution < 1.29 is 39.6 Å². The van der Waals surface area contributed by atoms with E-state index < -0.39 is 63.8 Å². The lowest BCUT2D eigenvalue weighted by Crippen LogP contribution is -2.65. The molecule has 1 aromatic carbocycles. The summed E-state index contributed by atoms with van der Waals surface area (Å²) in [6, 6.07) is 0.0848. The Morgan fingerprint density at radius 2 is 1.77 bits per heavy atom. The monoisotopic (exact) mass is 697 g/mol. The van der Waals surface area contributed by atoms with Gasteiger partial charge in [0.25, 0.3) is 5.91 Å². The van der Waals surface area contributed by atoms with Crippen LogP contribution in [-0.2, 0) is 25.6 Å². The zero-order chi connectivity index (χ0) is 33.3. The molecule has 1 aromatic rings. The first-order valence-electron chi connectivity index (χ1n) is 15.3. The number of ketones is 2. The van der Waals surface area contributed by atoms with Gasteiger partial charge >= 0.3 is 0 Å². The fraction of sp³-hybridized carbons (Fsp3) is 0.562. The smallest absolute Gasteiger partial charge is 0.255 e. The molecule has 5 atom stereocenters. The molecular formula is C32H45Cl2N5O8. The predicted molar refractivity (Wildman–Crippen MR) is 181 cm³/mol. The summed E-state index contributed by atoms with van der Waals surface area (Å²) < 4.78 is 0. The maximum Gasteiger partial charge on any atom is 0.255 e. The molecule has 15 heteroatoms. The van der Waals surface area contributed by atoms with Gasteiger partial charge in [-0.2, -0.15) is 0 Å². The van der Waals surface area contributed by atoms with Crippen molar-refractivity contribution in [3.8, 4) is 5.75 Å². The van der Waals surface area contributed by atoms with Crippen molar-refractivity contribution in [3.05, 3.63) is 34.1 Å². The molecule has 13 nitrogen and oxygen atoms in total. The van der Waals surface area contributed by atoms with Gasteiger partial charge in [-0.15, -0.1) is 24.8 Å². The van der Waals surface area contributed by atoms with Crippen LogP contribution >= 0.6 is 24.8 Å². The number of nitrogens with zero attached hydrogens (tertiary/aromatic N) is 3. The molecule has 0 radical (unpaired) electrons. The number of aliphatic hydroxyl groups is 3. The summed E-state index contributed by atoms with van der Waals surface area (Å²) in [6.45, 7) is 5.69. The number of carbonyl (C=O) groups excluding carboxylic acids is 4. The Kier molecular flexibility index (Phi) is 11.0. The normalized spacial score (nSPS) is 27.2. The number of rotatable bonds is 7. The summed E-state index contributed by atoms with van der Waals surface area (Å²) in [5.74, 6) is -7.16. The minimum atomic E-state index is -2.72. The minimum Gasteiger partial charge on any atom is -0.508 e. The number of amides is 2. The van der Waals surface area contributed by atoms with Gasteiger partial charge in [0.2, 0.25) is 11.7 Å². The summed E-state index contributed by atoms with van der Waals surface area (Å²) in [6.07, 6.45) is 1.67. The topological polar surface area (TPSA) is 197 Å². The molecule has 47 heavy (non-hydrogen) atoms. The number of halogens is 2. The van der Waals surface area contributed by atoms with E-state index in [1.807, 2.05) is 0 Å². The third kappa shape index (κ3) is 5.97. The van der Waals surface area contributed by atoms with Crippen LogP contribution in [0.25, 0.3) is 5.76 Å². The molecule has 1 saturated heterocycles. The van der Waals surface area contributed by atoms with Crippen molar-refractivity contribution in [2.24, 2.45) is 23.5 Å². The molecule has 3 aliphatic carbocycles. The van der Waals surface area contributed by atoms with Gasteiger partial charge in [-0.1, -0.05) is 13.8 Å². The van der Waals surface area contributed by atoms with Gasteiger partial charge in [0.05, 0.1) is 23.3 Å². The minimum absolute atomic E-state index is 0. The molecule has 2 amide bonds. The number of hydrogen-bond acceptors (Lipinski definition) is 11. The van der Waals surface area contributed by atoms with Crippen LogP contribution in [-0.4, -0.2) is 113 Å². The number of aliphatic hydroxyl groups excluding tert-OH is 2. The number of nitrogens with two attached hydrogens (primary N) is 1. The number of phenols is 1. The molecular weight excluding hydrogens is 653 g/mol. The molecule has 1 saturated carbocycles. The van der Waals surface area contributed by atoms with Crippen LogP contribution in [0.4, 0.5) is 11.4 Å². The Labute approximate surface area is 286 Å². The molecule has 5 rings (SSSR count). The predicted octanol–water partition coefficient (Wildman–Crippen LogP) is 1.93. The Morgan fingerprint density at radius 3 is 2.32 bits per heavy atom. The van der Waals surface area contributed by atoms with Crippen molar-refractivity contribution in [2.75, 3.05) is 51.5 Å². The SMILES string of the molecule is CC(C)CN1CCC[C@H]1C(=O)Nc1cc(N(C)C)c2c(c1O)C(O)=C1C(=O)[C@]3(O)C(O)=C(C(N)=O)C(=O)[C@@H](N(C)C)[C@@H]3C[C@@H]1C2.Cl.Cl. The molecule has 0 bridgehead atoms. The van der Waals surface area contributed by atoms with Gasteiger partial charge in [0.1, 0.15) is 22.8 Å². The lowest BCUT2D eigenvalue weighted by molar-refractivity contribution is -0.153. The van der Waals surface area contributed by atoms with Crippen molar-refractivity contribution in [2.45, 2.75) is 57.2 Å². The lowest BCUT2D eigenvalue weighted by atomic mass is 9.57. The number of fused-ring (bicyclic) bond motifs is 3. The number of likely N-dealkylation sites (tertiary alicyclic amines) is 1. The molecule has 2 fully saturated rings. The summed E-state index contributed by atoms with van der Waals surface area (Å²) in [5.41, 5.74) is 2.66. The highest BCUT2D eigenvalue weighted by Gasteiger charge is 2.64. The molecule has 1 aliphatic heterocycles. The van der Waals surface area contributed by atoms with Gasteiger partial charge in [-0.05, 0) is 69.8 Å². The number of anilines is 2. The van der Waals surface area contributed by atoms with Gasteiger partial charge < -0.3 is 36.4 Å². The second kappa shape index (κ2) is 13.6. The van der Waals surface area contributed by atoms with Crippen molar-refractivity contribution in [1.82, 2.24) is 9.80 Å². The standard InChI is InChI=1S/C32H43N5O8.2ClH/c1-14(2)13-37-9-7-8-19(37)31(44)34-18-12-20(35(3)4)16-10-15-11-17-24(36(5)6)27(40)23(30(33)43)29(42)32(17,45)28(41)21(15)26(39)22(16)25(18)38;;/h12,14-15,17,19,24,38-39,42,45H,7-11,13H2,1-6H3,(H2,33,43)(H,34,44);2*1H/t15-,17-,19-,24-,32-;;/m0../s1. The van der Waals surface area contributed by atoms with Crippen LogP contribution in [0.1, 0.15) is 44.2 Å². The Balaban J connectivity index is 0.00000300. The Hall–Kier alpha value is -3.36. The van der Waals surface area contributed by atoms with Crippen LogP contribution < -0.4 is 16.0 Å². The number of hydrogen-bond donors (Lipinski definition) is 6. The van der Waals surface area contributed by atoms with Crippen LogP contribution in [0.2, 0.25) is 0 Å². The van der Waals surface area contributed by atoms with E-state index in [0.717, 1.165) is 19.5 Å². The van der Waals surface area contributed by atoms with Crippen LogP contribution in [0, 0.1) is 17.8 Å². The Morgan fingerprint density at radius 1 is 1.13 bits per heavy atom. The maximum absolute atomic E-state index is 14.2. The molecule has 4 aliphatic rings. The number of benzene rings is 1. The van der Waals surface area contributed by atoms with Gasteiger partial charge in [-0.25, -0.2) is 0 Å². The number of phenolic OH excluding ortho intramolecular Hbond substituents is 1. The third-order valence-corrected chi connectivity index (χ3v) is 9.70. The van der Waals surface area contributed by atoms with E-state index in [1.165, 1.54) is 4.90 Å². The summed E-state index contributed by atoms with van der Waals surface area (Å²) in [7, 11) is 6.66. The molecule has 1 heterocycles. The van der Waals surface area contributed by atoms with Gasteiger partial charge in [-0.3, -0.25) is 29.0 Å². The molecule has 0 unspecified atom stereocenters. The average molecular weight is 699 g/mol. The van der Waals surface area contributed by atoms with Gasteiger partial charge in [0, 0.05) is 37.8 Å². The Bertz CT molecular complexity index is 1560. The first-order valence-corrected chi connectivity index (χ1v) is 15.3. The number of nitrogens with one attached hydrogen (secondary N) is 1. The van der Waals surface area contributed by atoms with E-state index in [0.29, 0.717) is 23.6 Å². The van der Waals surface area contributed by atoms with Crippen molar-refractivity contribution in [1.29, 1.82) is 0 Å². The van der Waals surface area contributed by atoms with Crippen molar-refractivity contribution >= 4 is 65.3 Å². The highest BCUT2D eigenvalue weighted by Crippen LogP contribution is 2.54. The van der Waals surface area contributed by atoms with E-state index in [2.05, 4.69) is 24.1 Å². The molecule has 7 N–H and O–H groups in total. The number of Topliss-reactive ketones (excluding diaryl/α,β-unsaturated/α-hetero) is 2. The van der Waals surface area contributed by atoms with E-state index in [4.69, 9.17) is 5.73 Å². The summed E-state index contributed by atoms with van der Waals surface area (Å²) in [5, 5.41) is 49.0. The fourth-order valence-electron chi connectivity index (χ4n) is 7.81. The van der Waals surface area contributed by atoms with Crippen LogP contribution in [0.3, 0.4) is 0 Å². The van der Waals surface area contributed by atoms with E-state index in [9.17, 15) is 39.6 Å². The number of primary amides is 1. The second-order valence-corrected chi connectivity index (χ2v) is 13.5. The zero-order valence-corrected chi connectivity index (χ0v) is 29.0. The fourth-order valence-corrected chi connectivity index (χ4v) is 7.81. The molecule has 0 aromatic heterocycles. The quantitative estimate of drug-likeness (QED) is 0.180. The highest BCUT2D eigenvalue weighted by atomic mass is 35.5. The second-order valence-electron chi connectivity index (χ2n) is 13.5. The highest BCUT2D eigenvalue weighted by molar-refractivity contribution is 6.24. The van der Waals surface area contributed by atoms with Crippen molar-refractivity contribution in [3.63, 3.8) is 0 Å². The largest absolute Gasteiger partial charge is 0.508 e. The molecule has 0 spiro atoms. The average Bonchev–Trinajstić information content (AvgIpc) is 3.39. The third-order valence-electron chi connectivity index (χ3n) is 9.70. The zero-order valence-electron chi connectivity index (χ0n) is 27.4. The number of carbonyl (C=O) groups is 4. The number of likely N-dealkylation sites (N-methyl/N-ethyl adjacent to an activating group) is 1.